The standard InChI is InChI=1S/C14H17N3O3/c18-13(15-10-14(19)4-7-20-8-5-14)11-9-16-17-6-2-1-3-12(11)17/h1-3,6,9,19H,4-5,7-8,10H2,(H,15,18). The fourth-order valence-electron chi connectivity index (χ4n) is 2.38. The number of hydrogen-bond donors (Lipinski definition) is 2. The number of aromatic nitrogens is 2. The minimum atomic E-state index is -0.864. The van der Waals surface area contributed by atoms with Gasteiger partial charge in [-0.3, -0.25) is 4.79 Å². The van der Waals surface area contributed by atoms with Gasteiger partial charge in [0.05, 0.1) is 22.9 Å². The van der Waals surface area contributed by atoms with Crippen molar-refractivity contribution in [2.45, 2.75) is 18.4 Å². The van der Waals surface area contributed by atoms with Gasteiger partial charge in [-0.25, -0.2) is 4.52 Å². The molecule has 0 unspecified atom stereocenters. The first kappa shape index (κ1) is 13.1. The Balaban J connectivity index is 1.70. The lowest BCUT2D eigenvalue weighted by molar-refractivity contribution is -0.0605. The summed E-state index contributed by atoms with van der Waals surface area (Å²) in [6.45, 7) is 1.30. The molecule has 1 aliphatic rings. The largest absolute Gasteiger partial charge is 0.388 e. The van der Waals surface area contributed by atoms with E-state index in [0.717, 1.165) is 5.52 Å². The number of rotatable bonds is 3. The predicted molar refractivity (Wildman–Crippen MR) is 72.5 cm³/mol. The van der Waals surface area contributed by atoms with Gasteiger partial charge in [-0.2, -0.15) is 5.10 Å². The van der Waals surface area contributed by atoms with E-state index in [1.165, 1.54) is 0 Å². The summed E-state index contributed by atoms with van der Waals surface area (Å²) in [4.78, 5) is 12.2. The van der Waals surface area contributed by atoms with Gasteiger partial charge in [-0.15, -0.1) is 0 Å². The van der Waals surface area contributed by atoms with Crippen molar-refractivity contribution in [3.8, 4) is 0 Å². The van der Waals surface area contributed by atoms with Gasteiger partial charge >= 0.3 is 0 Å². The van der Waals surface area contributed by atoms with Gasteiger partial charge in [0, 0.05) is 38.8 Å². The minimum absolute atomic E-state index is 0.217. The van der Waals surface area contributed by atoms with Crippen molar-refractivity contribution in [3.63, 3.8) is 0 Å². The minimum Gasteiger partial charge on any atom is -0.388 e. The van der Waals surface area contributed by atoms with Gasteiger partial charge in [0.15, 0.2) is 0 Å². The molecule has 1 aliphatic heterocycles. The first-order valence-corrected chi connectivity index (χ1v) is 6.69. The third kappa shape index (κ3) is 2.52. The molecule has 0 aliphatic carbocycles. The lowest BCUT2D eigenvalue weighted by atomic mass is 9.94. The summed E-state index contributed by atoms with van der Waals surface area (Å²) in [5.41, 5.74) is 0.405. The van der Waals surface area contributed by atoms with Crippen LogP contribution in [0.1, 0.15) is 23.2 Å². The van der Waals surface area contributed by atoms with E-state index in [-0.39, 0.29) is 12.5 Å². The monoisotopic (exact) mass is 275 g/mol. The quantitative estimate of drug-likeness (QED) is 0.860. The average molecular weight is 275 g/mol. The molecule has 0 radical (unpaired) electrons. The van der Waals surface area contributed by atoms with Crippen LogP contribution in [-0.2, 0) is 4.74 Å². The molecule has 0 bridgehead atoms. The first-order valence-electron chi connectivity index (χ1n) is 6.69. The van der Waals surface area contributed by atoms with Crippen molar-refractivity contribution in [2.75, 3.05) is 19.8 Å². The molecule has 2 aromatic rings. The Kier molecular flexibility index (Phi) is 3.42. The predicted octanol–water partition coefficient (Wildman–Crippen LogP) is 0.606. The molecule has 0 atom stereocenters. The zero-order valence-corrected chi connectivity index (χ0v) is 11.1. The molecular weight excluding hydrogens is 258 g/mol. The summed E-state index contributed by atoms with van der Waals surface area (Å²) in [6, 6.07) is 5.55. The number of amides is 1. The van der Waals surface area contributed by atoms with Crippen molar-refractivity contribution >= 4 is 11.4 Å². The average Bonchev–Trinajstić information content (AvgIpc) is 2.90. The van der Waals surface area contributed by atoms with Crippen LogP contribution in [0.3, 0.4) is 0 Å². The Morgan fingerprint density at radius 1 is 1.45 bits per heavy atom. The molecule has 0 aromatic carbocycles. The fraction of sp³-hybridized carbons (Fsp3) is 0.429. The van der Waals surface area contributed by atoms with Gasteiger partial charge in [-0.05, 0) is 12.1 Å². The molecule has 0 spiro atoms. The molecule has 1 amide bonds. The van der Waals surface area contributed by atoms with Crippen LogP contribution in [0, 0.1) is 0 Å². The van der Waals surface area contributed by atoms with Crippen LogP contribution >= 0.6 is 0 Å². The summed E-state index contributed by atoms with van der Waals surface area (Å²) < 4.78 is 6.87. The molecule has 6 heteroatoms. The van der Waals surface area contributed by atoms with Crippen LogP contribution in [0.4, 0.5) is 0 Å². The topological polar surface area (TPSA) is 75.9 Å². The highest BCUT2D eigenvalue weighted by Crippen LogP contribution is 2.19. The molecule has 6 nitrogen and oxygen atoms in total. The Morgan fingerprint density at radius 2 is 2.25 bits per heavy atom. The molecule has 20 heavy (non-hydrogen) atoms. The number of carbonyl (C=O) groups excluding carboxylic acids is 1. The van der Waals surface area contributed by atoms with Crippen molar-refractivity contribution in [1.82, 2.24) is 14.9 Å². The summed E-state index contributed by atoms with van der Waals surface area (Å²) in [7, 11) is 0. The zero-order valence-electron chi connectivity index (χ0n) is 11.1. The number of nitrogens with zero attached hydrogens (tertiary/aromatic N) is 2. The lowest BCUT2D eigenvalue weighted by Gasteiger charge is -2.31. The van der Waals surface area contributed by atoms with Gasteiger partial charge in [0.1, 0.15) is 0 Å². The Morgan fingerprint density at radius 3 is 3.05 bits per heavy atom. The second-order valence-electron chi connectivity index (χ2n) is 5.11. The second kappa shape index (κ2) is 5.22. The van der Waals surface area contributed by atoms with Crippen LogP contribution in [0.2, 0.25) is 0 Å². The highest BCUT2D eigenvalue weighted by atomic mass is 16.5. The number of nitrogens with one attached hydrogen (secondary N) is 1. The van der Waals surface area contributed by atoms with Crippen LogP contribution in [0.5, 0.6) is 0 Å². The SMILES string of the molecule is O=C(NCC1(O)CCOCC1)c1cnn2ccccc12. The zero-order chi connectivity index (χ0) is 14.0. The summed E-state index contributed by atoms with van der Waals surface area (Å²) in [5.74, 6) is -0.217. The number of carbonyl (C=O) groups is 1. The lowest BCUT2D eigenvalue weighted by Crippen LogP contribution is -2.46. The van der Waals surface area contributed by atoms with Crippen LogP contribution in [0.15, 0.2) is 30.6 Å². The van der Waals surface area contributed by atoms with Crippen molar-refractivity contribution < 1.29 is 14.6 Å². The smallest absolute Gasteiger partial charge is 0.255 e. The third-order valence-electron chi connectivity index (χ3n) is 3.67. The molecule has 106 valence electrons. The Bertz CT molecular complexity index is 617. The molecule has 3 rings (SSSR count). The maximum Gasteiger partial charge on any atom is 0.255 e. The molecule has 0 saturated carbocycles. The number of pyridine rings is 1. The van der Waals surface area contributed by atoms with Crippen LogP contribution in [-0.4, -0.2) is 46.0 Å². The van der Waals surface area contributed by atoms with E-state index in [9.17, 15) is 9.90 Å². The van der Waals surface area contributed by atoms with Crippen LogP contribution < -0.4 is 5.32 Å². The Labute approximate surface area is 116 Å². The summed E-state index contributed by atoms with van der Waals surface area (Å²) >= 11 is 0. The highest BCUT2D eigenvalue weighted by molar-refractivity contribution is 6.00. The molecular formula is C14H17N3O3. The van der Waals surface area contributed by atoms with Gasteiger partial charge in [-0.1, -0.05) is 6.07 Å². The molecule has 2 aromatic heterocycles. The Hall–Kier alpha value is -1.92. The fourth-order valence-corrected chi connectivity index (χ4v) is 2.38. The van der Waals surface area contributed by atoms with E-state index in [4.69, 9.17) is 4.74 Å². The first-order chi connectivity index (χ1) is 9.68. The number of hydrogen-bond acceptors (Lipinski definition) is 4. The summed E-state index contributed by atoms with van der Waals surface area (Å²) in [6.07, 6.45) is 4.42. The van der Waals surface area contributed by atoms with Crippen molar-refractivity contribution in [3.05, 3.63) is 36.2 Å². The highest BCUT2D eigenvalue weighted by Gasteiger charge is 2.30. The number of fused-ring (bicyclic) bond motifs is 1. The maximum absolute atomic E-state index is 12.2. The van der Waals surface area contributed by atoms with E-state index < -0.39 is 5.60 Å². The van der Waals surface area contributed by atoms with Crippen LogP contribution in [0.25, 0.3) is 5.52 Å². The molecule has 3 heterocycles. The van der Waals surface area contributed by atoms with E-state index >= 15 is 0 Å². The van der Waals surface area contributed by atoms with Crippen molar-refractivity contribution in [1.29, 1.82) is 0 Å². The van der Waals surface area contributed by atoms with E-state index in [2.05, 4.69) is 10.4 Å². The normalized spacial score (nSPS) is 18.1. The maximum atomic E-state index is 12.2. The van der Waals surface area contributed by atoms with Gasteiger partial charge < -0.3 is 15.2 Å². The van der Waals surface area contributed by atoms with E-state index in [1.807, 2.05) is 18.2 Å². The molecule has 1 saturated heterocycles. The molecule has 2 N–H and O–H groups in total. The second-order valence-corrected chi connectivity index (χ2v) is 5.11. The van der Waals surface area contributed by atoms with Gasteiger partial charge in [0.25, 0.3) is 5.91 Å². The van der Waals surface area contributed by atoms with E-state index in [1.54, 1.807) is 16.9 Å². The summed E-state index contributed by atoms with van der Waals surface area (Å²) in [5, 5.41) is 17.2. The van der Waals surface area contributed by atoms with E-state index in [0.29, 0.717) is 31.6 Å². The number of ether oxygens (including phenoxy) is 1. The van der Waals surface area contributed by atoms with Crippen molar-refractivity contribution in [2.24, 2.45) is 0 Å². The van der Waals surface area contributed by atoms with Gasteiger partial charge in [0.2, 0.25) is 0 Å². The number of aliphatic hydroxyl groups is 1. The third-order valence-corrected chi connectivity index (χ3v) is 3.67. The molecule has 1 fully saturated rings.